The van der Waals surface area contributed by atoms with Crippen molar-refractivity contribution >= 4 is 34.3 Å². The molecule has 3 N–H and O–H groups in total. The first-order chi connectivity index (χ1) is 13.6. The van der Waals surface area contributed by atoms with Gasteiger partial charge in [-0.25, -0.2) is 4.68 Å². The molecule has 4 rings (SSSR count). The topological polar surface area (TPSA) is 118 Å². The zero-order valence-corrected chi connectivity index (χ0v) is 15.1. The Hall–Kier alpha value is -3.72. The first-order valence-corrected chi connectivity index (χ1v) is 8.66. The number of hydrogen-bond donors (Lipinski definition) is 3. The second-order valence-corrected chi connectivity index (χ2v) is 6.42. The number of aromatic amines is 1. The number of aromatic nitrogens is 5. The molecule has 4 aromatic rings. The molecule has 0 bridgehead atoms. The number of nitrogens with one attached hydrogen (secondary N) is 3. The Kier molecular flexibility index (Phi) is 4.73. The number of carbonyl (C=O) groups is 2. The van der Waals surface area contributed by atoms with E-state index in [-0.39, 0.29) is 12.3 Å². The Morgan fingerprint density at radius 3 is 2.68 bits per heavy atom. The molecule has 2 heterocycles. The molecule has 2 aromatic heterocycles. The number of hydrogen-bond acceptors (Lipinski definition) is 5. The number of hydrazine groups is 1. The van der Waals surface area contributed by atoms with E-state index in [1.54, 1.807) is 42.6 Å². The van der Waals surface area contributed by atoms with E-state index >= 15 is 0 Å². The highest BCUT2D eigenvalue weighted by Crippen LogP contribution is 2.22. The molecule has 2 aromatic carbocycles. The van der Waals surface area contributed by atoms with Gasteiger partial charge in [-0.3, -0.25) is 20.4 Å². The fraction of sp³-hybridized carbons (Fsp3) is 0.0556. The van der Waals surface area contributed by atoms with Crippen LogP contribution < -0.4 is 10.9 Å². The molecular weight excluding hydrogens is 382 g/mol. The van der Waals surface area contributed by atoms with Gasteiger partial charge in [0.25, 0.3) is 5.91 Å². The predicted molar refractivity (Wildman–Crippen MR) is 102 cm³/mol. The molecule has 140 valence electrons. The maximum atomic E-state index is 12.2. The molecule has 10 heteroatoms. The molecule has 28 heavy (non-hydrogen) atoms. The highest BCUT2D eigenvalue weighted by Gasteiger charge is 2.11. The van der Waals surface area contributed by atoms with Crippen LogP contribution in [-0.4, -0.2) is 37.0 Å². The van der Waals surface area contributed by atoms with Crippen LogP contribution in [0.1, 0.15) is 15.9 Å². The molecule has 0 spiro atoms. The molecular formula is C18H14ClN7O2. The molecule has 0 aliphatic carbocycles. The minimum atomic E-state index is -0.428. The minimum absolute atomic E-state index is 0.111. The summed E-state index contributed by atoms with van der Waals surface area (Å²) in [6, 6.07) is 12.0. The van der Waals surface area contributed by atoms with Crippen molar-refractivity contribution in [1.29, 1.82) is 0 Å². The molecule has 0 radical (unpaired) electrons. The van der Waals surface area contributed by atoms with Crippen LogP contribution in [0.2, 0.25) is 5.02 Å². The molecule has 0 aliphatic rings. The van der Waals surface area contributed by atoms with Crippen molar-refractivity contribution in [3.63, 3.8) is 0 Å². The summed E-state index contributed by atoms with van der Waals surface area (Å²) in [5.41, 5.74) is 7.59. The highest BCUT2D eigenvalue weighted by atomic mass is 35.5. The van der Waals surface area contributed by atoms with Crippen molar-refractivity contribution in [3.05, 3.63) is 71.1 Å². The van der Waals surface area contributed by atoms with Gasteiger partial charge in [0.15, 0.2) is 0 Å². The fourth-order valence-electron chi connectivity index (χ4n) is 2.77. The van der Waals surface area contributed by atoms with E-state index in [0.717, 1.165) is 16.5 Å². The average Bonchev–Trinajstić information content (AvgIpc) is 3.36. The molecule has 0 saturated carbocycles. The van der Waals surface area contributed by atoms with Crippen molar-refractivity contribution in [2.45, 2.75) is 6.42 Å². The number of amides is 2. The van der Waals surface area contributed by atoms with E-state index in [9.17, 15) is 9.59 Å². The third-order valence-electron chi connectivity index (χ3n) is 4.14. The lowest BCUT2D eigenvalue weighted by atomic mass is 10.1. The largest absolute Gasteiger partial charge is 0.361 e. The van der Waals surface area contributed by atoms with Crippen LogP contribution in [0.3, 0.4) is 0 Å². The lowest BCUT2D eigenvalue weighted by Gasteiger charge is -2.08. The fourth-order valence-corrected chi connectivity index (χ4v) is 2.94. The first-order valence-electron chi connectivity index (χ1n) is 8.28. The molecule has 0 unspecified atom stereocenters. The number of rotatable bonds is 4. The van der Waals surface area contributed by atoms with Crippen molar-refractivity contribution in [2.75, 3.05) is 0 Å². The summed E-state index contributed by atoms with van der Waals surface area (Å²) < 4.78 is 1.47. The highest BCUT2D eigenvalue weighted by molar-refractivity contribution is 6.31. The van der Waals surface area contributed by atoms with Crippen LogP contribution in [0.5, 0.6) is 0 Å². The van der Waals surface area contributed by atoms with Crippen LogP contribution in [0.15, 0.2) is 55.0 Å². The first kappa shape index (κ1) is 17.7. The lowest BCUT2D eigenvalue weighted by Crippen LogP contribution is -2.42. The van der Waals surface area contributed by atoms with Crippen LogP contribution in [0.4, 0.5) is 0 Å². The Labute approximate surface area is 163 Å². The number of H-pyrrole nitrogens is 1. The van der Waals surface area contributed by atoms with E-state index < -0.39 is 5.91 Å². The third-order valence-corrected chi connectivity index (χ3v) is 4.37. The van der Waals surface area contributed by atoms with Gasteiger partial charge >= 0.3 is 0 Å². The zero-order chi connectivity index (χ0) is 19.5. The third kappa shape index (κ3) is 3.69. The lowest BCUT2D eigenvalue weighted by molar-refractivity contribution is -0.121. The number of tetrazole rings is 1. The van der Waals surface area contributed by atoms with Crippen molar-refractivity contribution in [3.8, 4) is 5.69 Å². The SMILES string of the molecule is O=C(Cc1c[nH]c2cc(Cl)ccc12)NNC(=O)c1ccc(-n2cnnn2)cc1. The van der Waals surface area contributed by atoms with Gasteiger partial charge in [-0.15, -0.1) is 5.10 Å². The standard InChI is InChI=1S/C18H14ClN7O2/c19-13-3-6-15-12(9-20-16(15)8-13)7-17(27)22-23-18(28)11-1-4-14(5-2-11)26-10-21-24-25-26/h1-6,8-10,20H,7H2,(H,22,27)(H,23,28). The normalized spacial score (nSPS) is 10.8. The second-order valence-electron chi connectivity index (χ2n) is 5.98. The summed E-state index contributed by atoms with van der Waals surface area (Å²) in [6.45, 7) is 0. The smallest absolute Gasteiger partial charge is 0.269 e. The van der Waals surface area contributed by atoms with Gasteiger partial charge in [0, 0.05) is 27.7 Å². The maximum absolute atomic E-state index is 12.2. The van der Waals surface area contributed by atoms with Crippen LogP contribution >= 0.6 is 11.6 Å². The minimum Gasteiger partial charge on any atom is -0.361 e. The molecule has 0 saturated heterocycles. The van der Waals surface area contributed by atoms with Crippen LogP contribution in [0, 0.1) is 0 Å². The van der Waals surface area contributed by atoms with E-state index in [4.69, 9.17) is 11.6 Å². The van der Waals surface area contributed by atoms with Crippen molar-refractivity contribution in [1.82, 2.24) is 36.0 Å². The Morgan fingerprint density at radius 1 is 1.11 bits per heavy atom. The number of fused-ring (bicyclic) bond motifs is 1. The van der Waals surface area contributed by atoms with Gasteiger partial charge in [0.2, 0.25) is 5.91 Å². The number of nitrogens with zero attached hydrogens (tertiary/aromatic N) is 4. The van der Waals surface area contributed by atoms with Crippen LogP contribution in [0.25, 0.3) is 16.6 Å². The van der Waals surface area contributed by atoms with E-state index in [0.29, 0.717) is 16.3 Å². The summed E-state index contributed by atoms with van der Waals surface area (Å²) in [6.07, 6.45) is 3.31. The Bertz CT molecular complexity index is 1140. The number of carbonyl (C=O) groups excluding carboxylic acids is 2. The van der Waals surface area contributed by atoms with E-state index in [1.165, 1.54) is 11.0 Å². The quantitative estimate of drug-likeness (QED) is 0.455. The van der Waals surface area contributed by atoms with Crippen molar-refractivity contribution < 1.29 is 9.59 Å². The van der Waals surface area contributed by atoms with Gasteiger partial charge < -0.3 is 4.98 Å². The summed E-state index contributed by atoms with van der Waals surface area (Å²) in [5, 5.41) is 12.4. The second kappa shape index (κ2) is 7.49. The van der Waals surface area contributed by atoms with Gasteiger partial charge in [0.1, 0.15) is 6.33 Å². The summed E-state index contributed by atoms with van der Waals surface area (Å²) in [7, 11) is 0. The summed E-state index contributed by atoms with van der Waals surface area (Å²) in [4.78, 5) is 27.5. The van der Waals surface area contributed by atoms with Gasteiger partial charge in [0.05, 0.1) is 12.1 Å². The van der Waals surface area contributed by atoms with Gasteiger partial charge in [-0.05, 0) is 52.4 Å². The predicted octanol–water partition coefficient (Wildman–Crippen LogP) is 1.80. The molecule has 0 atom stereocenters. The van der Waals surface area contributed by atoms with Gasteiger partial charge in [-0.1, -0.05) is 17.7 Å². The summed E-state index contributed by atoms with van der Waals surface area (Å²) in [5.74, 6) is -0.767. The molecule has 2 amide bonds. The Balaban J connectivity index is 1.35. The molecule has 0 fully saturated rings. The van der Waals surface area contributed by atoms with Crippen molar-refractivity contribution in [2.24, 2.45) is 0 Å². The van der Waals surface area contributed by atoms with Crippen LogP contribution in [-0.2, 0) is 11.2 Å². The number of halogens is 1. The molecule has 0 aliphatic heterocycles. The van der Waals surface area contributed by atoms with E-state index in [2.05, 4.69) is 31.4 Å². The average molecular weight is 396 g/mol. The molecule has 9 nitrogen and oxygen atoms in total. The van der Waals surface area contributed by atoms with Gasteiger partial charge in [-0.2, -0.15) is 0 Å². The van der Waals surface area contributed by atoms with E-state index in [1.807, 2.05) is 6.07 Å². The zero-order valence-electron chi connectivity index (χ0n) is 14.4. The Morgan fingerprint density at radius 2 is 1.93 bits per heavy atom. The number of benzene rings is 2. The summed E-state index contributed by atoms with van der Waals surface area (Å²) >= 11 is 5.96. The maximum Gasteiger partial charge on any atom is 0.269 e. The monoisotopic (exact) mass is 395 g/mol.